The topological polar surface area (TPSA) is 43.8 Å². The maximum absolute atomic E-state index is 5.96. The van der Waals surface area contributed by atoms with E-state index in [2.05, 4.69) is 41.3 Å². The molecule has 140 valence electrons. The zero-order valence-corrected chi connectivity index (χ0v) is 15.8. The smallest absolute Gasteiger partial charge is 0.218 e. The number of ether oxygens (including phenoxy) is 3. The molecular weight excluding hydrogens is 340 g/mol. The van der Waals surface area contributed by atoms with Gasteiger partial charge in [-0.2, -0.15) is 0 Å². The Morgan fingerprint density at radius 1 is 1.04 bits per heavy atom. The zero-order valence-electron chi connectivity index (χ0n) is 15.8. The lowest BCUT2D eigenvalue weighted by Crippen LogP contribution is -2.27. The zero-order chi connectivity index (χ0) is 18.6. The van der Waals surface area contributed by atoms with E-state index in [1.165, 1.54) is 5.56 Å². The Kier molecular flexibility index (Phi) is 5.12. The molecule has 0 atom stereocenters. The van der Waals surface area contributed by atoms with Crippen LogP contribution in [0.3, 0.4) is 0 Å². The Bertz CT molecular complexity index is 928. The molecule has 0 bridgehead atoms. The average Bonchev–Trinajstić information content (AvgIpc) is 2.92. The number of fused-ring (bicyclic) bond motifs is 2. The van der Waals surface area contributed by atoms with Gasteiger partial charge in [-0.15, -0.1) is 0 Å². The fourth-order valence-electron chi connectivity index (χ4n) is 3.53. The number of nitrogens with zero attached hydrogens (tertiary/aromatic N) is 2. The predicted molar refractivity (Wildman–Crippen MR) is 106 cm³/mol. The van der Waals surface area contributed by atoms with Gasteiger partial charge in [0.05, 0.1) is 14.2 Å². The molecule has 2 aromatic carbocycles. The molecule has 0 spiro atoms. The largest absolute Gasteiger partial charge is 0.496 e. The van der Waals surface area contributed by atoms with Gasteiger partial charge >= 0.3 is 0 Å². The average molecular weight is 364 g/mol. The van der Waals surface area contributed by atoms with Gasteiger partial charge in [0, 0.05) is 30.6 Å². The quantitative estimate of drug-likeness (QED) is 0.691. The van der Waals surface area contributed by atoms with Gasteiger partial charge in [-0.3, -0.25) is 4.90 Å². The molecule has 1 aliphatic rings. The summed E-state index contributed by atoms with van der Waals surface area (Å²) in [7, 11) is 3.33. The Balaban J connectivity index is 1.62. The first kappa shape index (κ1) is 17.6. The summed E-state index contributed by atoms with van der Waals surface area (Å²) in [6.07, 6.45) is 1.02. The van der Waals surface area contributed by atoms with Crippen LogP contribution >= 0.6 is 0 Å². The van der Waals surface area contributed by atoms with Crippen LogP contribution in [0.1, 0.15) is 11.1 Å². The summed E-state index contributed by atoms with van der Waals surface area (Å²) in [5, 5.41) is 0.948. The number of pyridine rings is 1. The van der Waals surface area contributed by atoms with Crippen molar-refractivity contribution in [2.24, 2.45) is 0 Å². The summed E-state index contributed by atoms with van der Waals surface area (Å²) in [6.45, 7) is 3.31. The van der Waals surface area contributed by atoms with Crippen LogP contribution in [0.2, 0.25) is 0 Å². The van der Waals surface area contributed by atoms with Crippen LogP contribution in [0.4, 0.5) is 0 Å². The third-order valence-corrected chi connectivity index (χ3v) is 4.99. The summed E-state index contributed by atoms with van der Waals surface area (Å²) >= 11 is 0. The molecule has 0 saturated carbocycles. The summed E-state index contributed by atoms with van der Waals surface area (Å²) in [5.74, 6) is 2.21. The van der Waals surface area contributed by atoms with Gasteiger partial charge in [0.15, 0.2) is 0 Å². The standard InChI is InChI=1S/C22H24N2O3/c1-25-19-8-9-20(26-2)21-18(19)14-17-15-24(12-13-27-22(17)23-21)11-10-16-6-4-3-5-7-16/h3-9,14H,10-13,15H2,1-2H3. The van der Waals surface area contributed by atoms with Crippen LogP contribution < -0.4 is 14.2 Å². The fourth-order valence-corrected chi connectivity index (χ4v) is 3.53. The molecule has 3 aromatic rings. The number of hydrogen-bond acceptors (Lipinski definition) is 5. The highest BCUT2D eigenvalue weighted by Crippen LogP contribution is 2.36. The van der Waals surface area contributed by atoms with E-state index in [-0.39, 0.29) is 0 Å². The summed E-state index contributed by atoms with van der Waals surface area (Å²) in [4.78, 5) is 7.17. The molecule has 5 nitrogen and oxygen atoms in total. The Hall–Kier alpha value is -2.79. The first-order chi connectivity index (χ1) is 13.3. The highest BCUT2D eigenvalue weighted by Gasteiger charge is 2.20. The van der Waals surface area contributed by atoms with Crippen LogP contribution in [0.5, 0.6) is 17.4 Å². The molecule has 0 amide bonds. The Labute approximate surface area is 159 Å². The monoisotopic (exact) mass is 364 g/mol. The minimum absolute atomic E-state index is 0.632. The molecule has 27 heavy (non-hydrogen) atoms. The van der Waals surface area contributed by atoms with E-state index in [0.717, 1.165) is 54.0 Å². The molecule has 1 aromatic heterocycles. The van der Waals surface area contributed by atoms with Crippen LogP contribution in [0.15, 0.2) is 48.5 Å². The van der Waals surface area contributed by atoms with Crippen LogP contribution in [-0.2, 0) is 13.0 Å². The second kappa shape index (κ2) is 7.84. The van der Waals surface area contributed by atoms with E-state index < -0.39 is 0 Å². The fraction of sp³-hybridized carbons (Fsp3) is 0.318. The molecular formula is C22H24N2O3. The maximum Gasteiger partial charge on any atom is 0.218 e. The van der Waals surface area contributed by atoms with Crippen molar-refractivity contribution in [3.63, 3.8) is 0 Å². The molecule has 1 aliphatic heterocycles. The van der Waals surface area contributed by atoms with Crippen molar-refractivity contribution in [2.75, 3.05) is 33.9 Å². The molecule has 0 radical (unpaired) electrons. The van der Waals surface area contributed by atoms with Crippen molar-refractivity contribution in [3.8, 4) is 17.4 Å². The number of aromatic nitrogens is 1. The van der Waals surface area contributed by atoms with Crippen molar-refractivity contribution < 1.29 is 14.2 Å². The van der Waals surface area contributed by atoms with Gasteiger partial charge in [0.1, 0.15) is 23.6 Å². The molecule has 0 N–H and O–H groups in total. The summed E-state index contributed by atoms with van der Waals surface area (Å²) < 4.78 is 17.0. The van der Waals surface area contributed by atoms with E-state index in [1.807, 2.05) is 12.1 Å². The van der Waals surface area contributed by atoms with E-state index in [1.54, 1.807) is 14.2 Å². The van der Waals surface area contributed by atoms with Crippen molar-refractivity contribution >= 4 is 10.9 Å². The molecule has 0 aliphatic carbocycles. The molecule has 0 saturated heterocycles. The Morgan fingerprint density at radius 2 is 1.81 bits per heavy atom. The maximum atomic E-state index is 5.96. The molecule has 4 rings (SSSR count). The SMILES string of the molecule is COc1ccc(OC)c2nc3c(cc12)CN(CCc1ccccc1)CCO3. The molecule has 0 fully saturated rings. The van der Waals surface area contributed by atoms with Crippen molar-refractivity contribution in [2.45, 2.75) is 13.0 Å². The number of rotatable bonds is 5. The number of hydrogen-bond donors (Lipinski definition) is 0. The third kappa shape index (κ3) is 3.69. The molecule has 2 heterocycles. The number of methoxy groups -OCH3 is 2. The van der Waals surface area contributed by atoms with Gasteiger partial charge < -0.3 is 14.2 Å². The van der Waals surface area contributed by atoms with Crippen LogP contribution in [0, 0.1) is 0 Å². The van der Waals surface area contributed by atoms with Gasteiger partial charge in [0.25, 0.3) is 0 Å². The predicted octanol–water partition coefficient (Wildman–Crippen LogP) is 3.69. The second-order valence-corrected chi connectivity index (χ2v) is 6.68. The first-order valence-corrected chi connectivity index (χ1v) is 9.22. The highest BCUT2D eigenvalue weighted by molar-refractivity contribution is 5.91. The van der Waals surface area contributed by atoms with Crippen molar-refractivity contribution in [3.05, 3.63) is 59.7 Å². The van der Waals surface area contributed by atoms with E-state index in [0.29, 0.717) is 12.5 Å². The Morgan fingerprint density at radius 3 is 2.59 bits per heavy atom. The lowest BCUT2D eigenvalue weighted by atomic mass is 10.1. The van der Waals surface area contributed by atoms with Gasteiger partial charge in [-0.25, -0.2) is 4.98 Å². The number of benzene rings is 2. The van der Waals surface area contributed by atoms with E-state index in [9.17, 15) is 0 Å². The summed E-state index contributed by atoms with van der Waals surface area (Å²) in [5.41, 5.74) is 3.21. The summed E-state index contributed by atoms with van der Waals surface area (Å²) in [6, 6.07) is 16.5. The van der Waals surface area contributed by atoms with E-state index >= 15 is 0 Å². The second-order valence-electron chi connectivity index (χ2n) is 6.68. The van der Waals surface area contributed by atoms with Crippen LogP contribution in [0.25, 0.3) is 10.9 Å². The highest BCUT2D eigenvalue weighted by atomic mass is 16.5. The lowest BCUT2D eigenvalue weighted by molar-refractivity contribution is 0.225. The molecule has 5 heteroatoms. The van der Waals surface area contributed by atoms with E-state index in [4.69, 9.17) is 19.2 Å². The van der Waals surface area contributed by atoms with Crippen molar-refractivity contribution in [1.29, 1.82) is 0 Å². The minimum Gasteiger partial charge on any atom is -0.496 e. The van der Waals surface area contributed by atoms with Gasteiger partial charge in [-0.05, 0) is 30.2 Å². The van der Waals surface area contributed by atoms with Crippen LogP contribution in [-0.4, -0.2) is 43.8 Å². The first-order valence-electron chi connectivity index (χ1n) is 9.22. The molecule has 0 unspecified atom stereocenters. The lowest BCUT2D eigenvalue weighted by Gasteiger charge is -2.19. The normalized spacial score (nSPS) is 14.3. The van der Waals surface area contributed by atoms with Crippen molar-refractivity contribution in [1.82, 2.24) is 9.88 Å². The minimum atomic E-state index is 0.632. The van der Waals surface area contributed by atoms with Gasteiger partial charge in [0.2, 0.25) is 5.88 Å². The van der Waals surface area contributed by atoms with Gasteiger partial charge in [-0.1, -0.05) is 30.3 Å². The third-order valence-electron chi connectivity index (χ3n) is 4.99.